The Hall–Kier alpha value is -2.06. The van der Waals surface area contributed by atoms with Crippen molar-refractivity contribution in [2.24, 2.45) is 0 Å². The number of amides is 2. The highest BCUT2D eigenvalue weighted by Crippen LogP contribution is 2.32. The molecule has 134 valence electrons. The van der Waals surface area contributed by atoms with E-state index < -0.39 is 30.1 Å². The van der Waals surface area contributed by atoms with Crippen LogP contribution in [0.2, 0.25) is 0 Å². The number of nitrogens with one attached hydrogen (secondary N) is 1. The quantitative estimate of drug-likeness (QED) is 0.907. The largest absolute Gasteiger partial charge is 0.448 e. The summed E-state index contributed by atoms with van der Waals surface area (Å²) in [4.78, 5) is 28.4. The van der Waals surface area contributed by atoms with Crippen LogP contribution in [-0.2, 0) is 11.2 Å². The molecule has 1 saturated heterocycles. The van der Waals surface area contributed by atoms with Gasteiger partial charge < -0.3 is 14.6 Å². The van der Waals surface area contributed by atoms with Gasteiger partial charge in [-0.1, -0.05) is 6.92 Å². The third-order valence-electron chi connectivity index (χ3n) is 3.95. The van der Waals surface area contributed by atoms with Gasteiger partial charge >= 0.3 is 6.18 Å². The zero-order chi connectivity index (χ0) is 17.9. The van der Waals surface area contributed by atoms with Crippen molar-refractivity contribution in [3.05, 3.63) is 17.8 Å². The summed E-state index contributed by atoms with van der Waals surface area (Å²) in [6, 6.07) is -2.35. The third-order valence-corrected chi connectivity index (χ3v) is 3.95. The minimum Gasteiger partial charge on any atom is -0.448 e. The van der Waals surface area contributed by atoms with Crippen molar-refractivity contribution < 1.29 is 27.2 Å². The highest BCUT2D eigenvalue weighted by Gasteiger charge is 2.47. The molecule has 1 aliphatic heterocycles. The number of rotatable bonds is 4. The average molecular weight is 347 g/mol. The van der Waals surface area contributed by atoms with Crippen molar-refractivity contribution in [1.29, 1.82) is 0 Å². The van der Waals surface area contributed by atoms with E-state index in [1.54, 1.807) is 0 Å². The molecule has 0 saturated carbocycles. The lowest BCUT2D eigenvalue weighted by Gasteiger charge is -2.40. The Kier molecular flexibility index (Phi) is 5.51. The van der Waals surface area contributed by atoms with Crippen molar-refractivity contribution >= 4 is 11.8 Å². The Labute approximate surface area is 137 Å². The number of carbonyl (C=O) groups excluding carboxylic acids is 2. The van der Waals surface area contributed by atoms with Crippen LogP contribution in [0.3, 0.4) is 0 Å². The molecule has 0 aromatic carbocycles. The molecule has 0 bridgehead atoms. The number of alkyl halides is 3. The number of oxazole rings is 1. The molecule has 0 aliphatic carbocycles. The normalized spacial score (nSPS) is 21.6. The molecular formula is C15H20F3N3O3. The van der Waals surface area contributed by atoms with Gasteiger partial charge in [-0.15, -0.1) is 0 Å². The Bertz CT molecular complexity index is 600. The SMILES string of the molecule is CCCc1nc(C(=O)N[C@H]2CC[C@H](C(F)(F)F)N(C(C)=O)C2)co1. The standard InChI is InChI=1S/C15H20F3N3O3/c1-3-4-13-20-11(8-24-13)14(23)19-10-5-6-12(15(16,17)18)21(7-10)9(2)22/h8,10,12H,3-7H2,1-2H3,(H,19,23)/t10-,12+/m0/s1. The van der Waals surface area contributed by atoms with Crippen LogP contribution in [0.5, 0.6) is 0 Å². The van der Waals surface area contributed by atoms with E-state index in [0.717, 1.165) is 18.2 Å². The maximum Gasteiger partial charge on any atom is 0.408 e. The number of aryl methyl sites for hydroxylation is 1. The Morgan fingerprint density at radius 2 is 2.12 bits per heavy atom. The number of hydrogen-bond donors (Lipinski definition) is 1. The minimum absolute atomic E-state index is 0.0887. The van der Waals surface area contributed by atoms with Crippen LogP contribution in [-0.4, -0.2) is 46.5 Å². The maximum atomic E-state index is 13.0. The van der Waals surface area contributed by atoms with Crippen molar-refractivity contribution in [1.82, 2.24) is 15.2 Å². The number of piperidine rings is 1. The number of aromatic nitrogens is 1. The summed E-state index contributed by atoms with van der Waals surface area (Å²) in [6.07, 6.45) is -1.93. The van der Waals surface area contributed by atoms with E-state index in [2.05, 4.69) is 10.3 Å². The number of halogens is 3. The van der Waals surface area contributed by atoms with Crippen molar-refractivity contribution in [3.63, 3.8) is 0 Å². The molecule has 24 heavy (non-hydrogen) atoms. The van der Waals surface area contributed by atoms with Crippen LogP contribution in [0.4, 0.5) is 13.2 Å². The second-order valence-corrected chi connectivity index (χ2v) is 5.85. The third kappa shape index (κ3) is 4.27. The van der Waals surface area contributed by atoms with Gasteiger partial charge in [0.15, 0.2) is 11.6 Å². The first-order chi connectivity index (χ1) is 11.2. The summed E-state index contributed by atoms with van der Waals surface area (Å²) in [5, 5.41) is 2.62. The average Bonchev–Trinajstić information content (AvgIpc) is 2.95. The van der Waals surface area contributed by atoms with Crippen LogP contribution >= 0.6 is 0 Å². The first-order valence-corrected chi connectivity index (χ1v) is 7.81. The molecule has 1 fully saturated rings. The maximum absolute atomic E-state index is 13.0. The molecule has 1 aliphatic rings. The summed E-state index contributed by atoms with van der Waals surface area (Å²) in [5.74, 6) is -0.739. The van der Waals surface area contributed by atoms with Gasteiger partial charge in [0.25, 0.3) is 5.91 Å². The van der Waals surface area contributed by atoms with E-state index in [0.29, 0.717) is 12.3 Å². The predicted octanol–water partition coefficient (Wildman–Crippen LogP) is 2.30. The van der Waals surface area contributed by atoms with E-state index in [-0.39, 0.29) is 25.1 Å². The van der Waals surface area contributed by atoms with Crippen LogP contribution < -0.4 is 5.32 Å². The lowest BCUT2D eigenvalue weighted by molar-refractivity contribution is -0.196. The molecule has 0 radical (unpaired) electrons. The lowest BCUT2D eigenvalue weighted by atomic mass is 9.97. The van der Waals surface area contributed by atoms with Gasteiger partial charge in [-0.3, -0.25) is 9.59 Å². The molecular weight excluding hydrogens is 327 g/mol. The van der Waals surface area contributed by atoms with E-state index in [1.807, 2.05) is 6.92 Å². The molecule has 1 aromatic rings. The number of likely N-dealkylation sites (tertiary alicyclic amines) is 1. The van der Waals surface area contributed by atoms with Gasteiger partial charge in [-0.2, -0.15) is 13.2 Å². The fourth-order valence-electron chi connectivity index (χ4n) is 2.78. The number of hydrogen-bond acceptors (Lipinski definition) is 4. The molecule has 1 N–H and O–H groups in total. The molecule has 0 unspecified atom stereocenters. The summed E-state index contributed by atoms with van der Waals surface area (Å²) in [6.45, 7) is 2.86. The zero-order valence-corrected chi connectivity index (χ0v) is 13.5. The van der Waals surface area contributed by atoms with E-state index in [9.17, 15) is 22.8 Å². The van der Waals surface area contributed by atoms with E-state index >= 15 is 0 Å². The molecule has 2 atom stereocenters. The van der Waals surface area contributed by atoms with Crippen molar-refractivity contribution in [3.8, 4) is 0 Å². The van der Waals surface area contributed by atoms with Crippen LogP contribution in [0.15, 0.2) is 10.7 Å². The highest BCUT2D eigenvalue weighted by molar-refractivity contribution is 5.92. The van der Waals surface area contributed by atoms with Gasteiger partial charge in [0, 0.05) is 25.9 Å². The van der Waals surface area contributed by atoms with Gasteiger partial charge in [0.1, 0.15) is 12.3 Å². The topological polar surface area (TPSA) is 75.4 Å². The fourth-order valence-corrected chi connectivity index (χ4v) is 2.78. The molecule has 2 heterocycles. The van der Waals surface area contributed by atoms with Crippen LogP contribution in [0.1, 0.15) is 49.5 Å². The molecule has 1 aromatic heterocycles. The first-order valence-electron chi connectivity index (χ1n) is 7.81. The Balaban J connectivity index is 2.00. The molecule has 2 rings (SSSR count). The summed E-state index contributed by atoms with van der Waals surface area (Å²) in [5.41, 5.74) is 0.0887. The van der Waals surface area contributed by atoms with E-state index in [4.69, 9.17) is 4.42 Å². The number of nitrogens with zero attached hydrogens (tertiary/aromatic N) is 2. The predicted molar refractivity (Wildman–Crippen MR) is 78.2 cm³/mol. The number of carbonyl (C=O) groups is 2. The molecule has 6 nitrogen and oxygen atoms in total. The molecule has 0 spiro atoms. The Morgan fingerprint density at radius 3 is 2.71 bits per heavy atom. The van der Waals surface area contributed by atoms with Crippen LogP contribution in [0, 0.1) is 0 Å². The van der Waals surface area contributed by atoms with Gasteiger partial charge in [0.05, 0.1) is 0 Å². The summed E-state index contributed by atoms with van der Waals surface area (Å²) < 4.78 is 44.1. The summed E-state index contributed by atoms with van der Waals surface area (Å²) in [7, 11) is 0. The first kappa shape index (κ1) is 18.3. The second-order valence-electron chi connectivity index (χ2n) is 5.85. The summed E-state index contributed by atoms with van der Waals surface area (Å²) >= 11 is 0. The van der Waals surface area contributed by atoms with Crippen molar-refractivity contribution in [2.45, 2.75) is 57.8 Å². The molecule has 2 amide bonds. The van der Waals surface area contributed by atoms with Gasteiger partial charge in [0.2, 0.25) is 5.91 Å². The minimum atomic E-state index is -4.47. The van der Waals surface area contributed by atoms with Gasteiger partial charge in [-0.25, -0.2) is 4.98 Å². The van der Waals surface area contributed by atoms with Gasteiger partial charge in [-0.05, 0) is 19.3 Å². The van der Waals surface area contributed by atoms with Crippen LogP contribution in [0.25, 0.3) is 0 Å². The molecule has 9 heteroatoms. The highest BCUT2D eigenvalue weighted by atomic mass is 19.4. The second kappa shape index (κ2) is 7.23. The fraction of sp³-hybridized carbons (Fsp3) is 0.667. The van der Waals surface area contributed by atoms with Crippen molar-refractivity contribution in [2.75, 3.05) is 6.54 Å². The lowest BCUT2D eigenvalue weighted by Crippen LogP contribution is -2.57. The smallest absolute Gasteiger partial charge is 0.408 e. The Morgan fingerprint density at radius 1 is 1.42 bits per heavy atom. The monoisotopic (exact) mass is 347 g/mol. The zero-order valence-electron chi connectivity index (χ0n) is 13.5. The van der Waals surface area contributed by atoms with E-state index in [1.165, 1.54) is 6.26 Å².